The molecule has 20 heavy (non-hydrogen) atoms. The summed E-state index contributed by atoms with van der Waals surface area (Å²) in [5, 5.41) is 13.4. The van der Waals surface area contributed by atoms with Crippen LogP contribution in [-0.2, 0) is 9.84 Å². The third-order valence-electron chi connectivity index (χ3n) is 2.88. The summed E-state index contributed by atoms with van der Waals surface area (Å²) >= 11 is 0. The molecule has 2 rings (SSSR count). The number of anilines is 1. The summed E-state index contributed by atoms with van der Waals surface area (Å²) in [5.74, 6) is 0. The van der Waals surface area contributed by atoms with Gasteiger partial charge in [0, 0.05) is 29.8 Å². The SMILES string of the molecule is CS(=O)(=O)c1ccc2cncc(NC(C#N)CN)c2c1. The Balaban J connectivity index is 2.58. The molecule has 0 bridgehead atoms. The molecule has 0 aliphatic rings. The van der Waals surface area contributed by atoms with Gasteiger partial charge in [-0.2, -0.15) is 5.26 Å². The van der Waals surface area contributed by atoms with Crippen molar-refractivity contribution < 1.29 is 8.42 Å². The van der Waals surface area contributed by atoms with Crippen LogP contribution in [0.3, 0.4) is 0 Å². The fourth-order valence-electron chi connectivity index (χ4n) is 1.82. The van der Waals surface area contributed by atoms with Crippen LogP contribution in [0.4, 0.5) is 5.69 Å². The number of benzene rings is 1. The van der Waals surface area contributed by atoms with Crippen LogP contribution in [0.5, 0.6) is 0 Å². The lowest BCUT2D eigenvalue weighted by Gasteiger charge is -2.13. The number of rotatable bonds is 4. The number of nitrogens with one attached hydrogen (secondary N) is 1. The lowest BCUT2D eigenvalue weighted by atomic mass is 10.1. The lowest BCUT2D eigenvalue weighted by Crippen LogP contribution is -2.27. The Morgan fingerprint density at radius 1 is 1.45 bits per heavy atom. The molecule has 1 unspecified atom stereocenters. The molecular formula is C13H14N4O2S. The minimum atomic E-state index is -3.29. The second-order valence-electron chi connectivity index (χ2n) is 4.40. The quantitative estimate of drug-likeness (QED) is 0.866. The summed E-state index contributed by atoms with van der Waals surface area (Å²) in [7, 11) is -3.29. The van der Waals surface area contributed by atoms with Crippen molar-refractivity contribution in [2.45, 2.75) is 10.9 Å². The Labute approximate surface area is 117 Å². The first-order valence-corrected chi connectivity index (χ1v) is 7.79. The monoisotopic (exact) mass is 290 g/mol. The Bertz CT molecular complexity index is 781. The summed E-state index contributed by atoms with van der Waals surface area (Å²) < 4.78 is 23.2. The van der Waals surface area contributed by atoms with Gasteiger partial charge in [-0.1, -0.05) is 6.07 Å². The first-order chi connectivity index (χ1) is 9.45. The molecular weight excluding hydrogens is 276 g/mol. The van der Waals surface area contributed by atoms with Gasteiger partial charge in [0.15, 0.2) is 9.84 Å². The molecule has 0 spiro atoms. The molecule has 1 heterocycles. The minimum Gasteiger partial charge on any atom is -0.367 e. The van der Waals surface area contributed by atoms with Crippen LogP contribution < -0.4 is 11.1 Å². The van der Waals surface area contributed by atoms with Crippen molar-refractivity contribution in [3.05, 3.63) is 30.6 Å². The number of aromatic nitrogens is 1. The minimum absolute atomic E-state index is 0.151. The molecule has 0 saturated heterocycles. The van der Waals surface area contributed by atoms with Crippen molar-refractivity contribution in [3.63, 3.8) is 0 Å². The molecule has 0 amide bonds. The van der Waals surface area contributed by atoms with Crippen LogP contribution in [0.15, 0.2) is 35.5 Å². The standard InChI is InChI=1S/C13H14N4O2S/c1-20(18,19)11-3-2-9-7-16-8-13(12(9)4-11)17-10(5-14)6-15/h2-4,7-8,10,17H,5,14H2,1H3. The van der Waals surface area contributed by atoms with Gasteiger partial charge in [-0.15, -0.1) is 0 Å². The average molecular weight is 290 g/mol. The Hall–Kier alpha value is -2.17. The van der Waals surface area contributed by atoms with Crippen molar-refractivity contribution in [1.29, 1.82) is 5.26 Å². The molecule has 3 N–H and O–H groups in total. The summed E-state index contributed by atoms with van der Waals surface area (Å²) in [6.45, 7) is 0.151. The van der Waals surface area contributed by atoms with Gasteiger partial charge < -0.3 is 11.1 Å². The average Bonchev–Trinajstić information content (AvgIpc) is 2.43. The zero-order valence-electron chi connectivity index (χ0n) is 10.9. The fraction of sp³-hybridized carbons (Fsp3) is 0.231. The summed E-state index contributed by atoms with van der Waals surface area (Å²) in [6, 6.07) is 6.27. The van der Waals surface area contributed by atoms with Crippen molar-refractivity contribution >= 4 is 26.3 Å². The van der Waals surface area contributed by atoms with Crippen LogP contribution in [0, 0.1) is 11.3 Å². The van der Waals surface area contributed by atoms with Crippen molar-refractivity contribution in [3.8, 4) is 6.07 Å². The fourth-order valence-corrected chi connectivity index (χ4v) is 2.47. The number of hydrogen-bond acceptors (Lipinski definition) is 6. The first kappa shape index (κ1) is 14.2. The molecule has 104 valence electrons. The van der Waals surface area contributed by atoms with Gasteiger partial charge in [-0.3, -0.25) is 4.98 Å². The lowest BCUT2D eigenvalue weighted by molar-refractivity contribution is 0.602. The molecule has 2 aromatic rings. The van der Waals surface area contributed by atoms with Crippen molar-refractivity contribution in [2.75, 3.05) is 18.1 Å². The highest BCUT2D eigenvalue weighted by Crippen LogP contribution is 2.25. The van der Waals surface area contributed by atoms with E-state index in [0.717, 1.165) is 11.6 Å². The molecule has 7 heteroatoms. The van der Waals surface area contributed by atoms with Crippen molar-refractivity contribution in [1.82, 2.24) is 4.98 Å². The van der Waals surface area contributed by atoms with E-state index in [1.54, 1.807) is 24.5 Å². The number of nitrogens with two attached hydrogens (primary N) is 1. The second-order valence-corrected chi connectivity index (χ2v) is 6.42. The van der Waals surface area contributed by atoms with Gasteiger partial charge >= 0.3 is 0 Å². The smallest absolute Gasteiger partial charge is 0.175 e. The predicted molar refractivity (Wildman–Crippen MR) is 76.9 cm³/mol. The van der Waals surface area contributed by atoms with Crippen LogP contribution in [0.2, 0.25) is 0 Å². The van der Waals surface area contributed by atoms with E-state index < -0.39 is 15.9 Å². The van der Waals surface area contributed by atoms with E-state index in [4.69, 9.17) is 11.0 Å². The highest BCUT2D eigenvalue weighted by atomic mass is 32.2. The van der Waals surface area contributed by atoms with Crippen LogP contribution in [-0.4, -0.2) is 32.2 Å². The predicted octanol–water partition coefficient (Wildman–Crippen LogP) is 0.901. The van der Waals surface area contributed by atoms with E-state index in [-0.39, 0.29) is 11.4 Å². The highest BCUT2D eigenvalue weighted by molar-refractivity contribution is 7.90. The van der Waals surface area contributed by atoms with Gasteiger partial charge in [-0.05, 0) is 12.1 Å². The maximum absolute atomic E-state index is 11.6. The molecule has 0 aliphatic carbocycles. The van der Waals surface area contributed by atoms with E-state index >= 15 is 0 Å². The molecule has 1 atom stereocenters. The molecule has 0 fully saturated rings. The third kappa shape index (κ3) is 2.87. The number of pyridine rings is 1. The Kier molecular flexibility index (Phi) is 3.88. The van der Waals surface area contributed by atoms with Gasteiger partial charge in [0.2, 0.25) is 0 Å². The summed E-state index contributed by atoms with van der Waals surface area (Å²) in [5.41, 5.74) is 6.06. The summed E-state index contributed by atoms with van der Waals surface area (Å²) in [6.07, 6.45) is 4.34. The highest BCUT2D eigenvalue weighted by Gasteiger charge is 2.12. The van der Waals surface area contributed by atoms with Gasteiger partial charge in [0.05, 0.1) is 22.8 Å². The molecule has 0 aliphatic heterocycles. The van der Waals surface area contributed by atoms with Crippen LogP contribution in [0.25, 0.3) is 10.8 Å². The Morgan fingerprint density at radius 3 is 2.80 bits per heavy atom. The van der Waals surface area contributed by atoms with Gasteiger partial charge in [0.25, 0.3) is 0 Å². The van der Waals surface area contributed by atoms with E-state index in [2.05, 4.69) is 10.3 Å². The van der Waals surface area contributed by atoms with E-state index in [9.17, 15) is 8.42 Å². The zero-order chi connectivity index (χ0) is 14.8. The summed E-state index contributed by atoms with van der Waals surface area (Å²) in [4.78, 5) is 4.29. The number of fused-ring (bicyclic) bond motifs is 1. The second kappa shape index (κ2) is 5.45. The maximum atomic E-state index is 11.6. The van der Waals surface area contributed by atoms with E-state index in [1.807, 2.05) is 6.07 Å². The maximum Gasteiger partial charge on any atom is 0.175 e. The van der Waals surface area contributed by atoms with E-state index in [0.29, 0.717) is 11.1 Å². The van der Waals surface area contributed by atoms with Crippen LogP contribution >= 0.6 is 0 Å². The third-order valence-corrected chi connectivity index (χ3v) is 3.99. The van der Waals surface area contributed by atoms with Gasteiger partial charge in [0.1, 0.15) is 6.04 Å². The van der Waals surface area contributed by atoms with Gasteiger partial charge in [-0.25, -0.2) is 8.42 Å². The van der Waals surface area contributed by atoms with Crippen molar-refractivity contribution in [2.24, 2.45) is 5.73 Å². The number of sulfone groups is 1. The molecule has 1 aromatic carbocycles. The molecule has 6 nitrogen and oxygen atoms in total. The largest absolute Gasteiger partial charge is 0.367 e. The molecule has 1 aromatic heterocycles. The topological polar surface area (TPSA) is 109 Å². The normalized spacial score (nSPS) is 12.8. The molecule has 0 radical (unpaired) electrons. The number of hydrogen-bond donors (Lipinski definition) is 2. The molecule has 0 saturated carbocycles. The number of nitrogens with zero attached hydrogens (tertiary/aromatic N) is 2. The van der Waals surface area contributed by atoms with E-state index in [1.165, 1.54) is 6.07 Å². The first-order valence-electron chi connectivity index (χ1n) is 5.89. The Morgan fingerprint density at radius 2 is 2.20 bits per heavy atom. The number of nitriles is 1. The van der Waals surface area contributed by atoms with Crippen LogP contribution in [0.1, 0.15) is 0 Å². The zero-order valence-corrected chi connectivity index (χ0v) is 11.7.